The van der Waals surface area contributed by atoms with Gasteiger partial charge in [-0.2, -0.15) is 0 Å². The lowest BCUT2D eigenvalue weighted by Gasteiger charge is -2.22. The molecular weight excluding hydrogens is 567 g/mol. The van der Waals surface area contributed by atoms with E-state index < -0.39 is 0 Å². The van der Waals surface area contributed by atoms with Crippen molar-refractivity contribution >= 4 is 64.8 Å². The van der Waals surface area contributed by atoms with Gasteiger partial charge >= 0.3 is 0 Å². The van der Waals surface area contributed by atoms with Gasteiger partial charge in [0.15, 0.2) is 0 Å². The van der Waals surface area contributed by atoms with Gasteiger partial charge in [-0.1, -0.05) is 123 Å². The summed E-state index contributed by atoms with van der Waals surface area (Å²) in [6.07, 6.45) is 0. The molecule has 0 fully saturated rings. The minimum atomic E-state index is -0.199. The van der Waals surface area contributed by atoms with Crippen LogP contribution in [0, 0.1) is 0 Å². The zero-order chi connectivity index (χ0) is 29.9. The van der Waals surface area contributed by atoms with Gasteiger partial charge < -0.3 is 0 Å². The standard InChI is InChI=1S/C41H27N3S/c1-41(2)32-21-18-24-10-6-8-14-28(24)33(32)38-34(41)30-19-17-27-22-23-45-39(27)37(30)44(38)40-42-35(26-12-4-3-5-13-26)31-20-16-25-11-7-9-15-29(25)36(31)43-40/h3-23H,1-2H3. The van der Waals surface area contributed by atoms with Crippen molar-refractivity contribution in [3.8, 4) is 28.5 Å². The van der Waals surface area contributed by atoms with Gasteiger partial charge in [0.25, 0.3) is 0 Å². The second kappa shape index (κ2) is 8.87. The molecule has 0 aliphatic heterocycles. The van der Waals surface area contributed by atoms with Crippen LogP contribution in [0.1, 0.15) is 25.0 Å². The smallest absolute Gasteiger partial charge is 0.235 e. The molecule has 9 aromatic rings. The normalized spacial score (nSPS) is 13.7. The molecule has 1 aliphatic carbocycles. The van der Waals surface area contributed by atoms with Gasteiger partial charge in [0.05, 0.1) is 27.1 Å². The van der Waals surface area contributed by atoms with Gasteiger partial charge in [0, 0.05) is 32.7 Å². The molecule has 0 bridgehead atoms. The molecule has 3 heterocycles. The van der Waals surface area contributed by atoms with E-state index in [1.165, 1.54) is 59.5 Å². The Morgan fingerprint density at radius 1 is 0.600 bits per heavy atom. The fraction of sp³-hybridized carbons (Fsp3) is 0.0732. The molecule has 45 heavy (non-hydrogen) atoms. The molecule has 0 saturated heterocycles. The SMILES string of the molecule is CC1(C)c2ccc3ccccc3c2-c2c1c1ccc3ccsc3c1n2-c1nc(-c2ccccc2)c2ccc3ccccc3c2n1. The number of hydrogen-bond acceptors (Lipinski definition) is 3. The highest BCUT2D eigenvalue weighted by molar-refractivity contribution is 7.18. The van der Waals surface area contributed by atoms with E-state index in [9.17, 15) is 0 Å². The summed E-state index contributed by atoms with van der Waals surface area (Å²) in [6, 6.07) is 43.7. The molecule has 6 aromatic carbocycles. The van der Waals surface area contributed by atoms with Gasteiger partial charge in [-0.3, -0.25) is 4.57 Å². The van der Waals surface area contributed by atoms with Crippen LogP contribution in [-0.4, -0.2) is 14.5 Å². The number of benzene rings is 6. The van der Waals surface area contributed by atoms with E-state index in [1.807, 2.05) is 0 Å². The zero-order valence-corrected chi connectivity index (χ0v) is 25.7. The highest BCUT2D eigenvalue weighted by Gasteiger charge is 2.42. The molecule has 3 aromatic heterocycles. The molecule has 1 aliphatic rings. The molecule has 0 spiro atoms. The maximum absolute atomic E-state index is 5.51. The molecule has 0 atom stereocenters. The second-order valence-electron chi connectivity index (χ2n) is 12.6. The lowest BCUT2D eigenvalue weighted by Crippen LogP contribution is -2.14. The minimum absolute atomic E-state index is 0.199. The largest absolute Gasteiger partial charge is 0.276 e. The van der Waals surface area contributed by atoms with E-state index in [1.54, 1.807) is 11.3 Å². The summed E-state index contributed by atoms with van der Waals surface area (Å²) in [7, 11) is 0. The lowest BCUT2D eigenvalue weighted by molar-refractivity contribution is 0.666. The molecule has 0 amide bonds. The fourth-order valence-electron chi connectivity index (χ4n) is 7.81. The number of nitrogens with zero attached hydrogens (tertiary/aromatic N) is 3. The van der Waals surface area contributed by atoms with Crippen LogP contribution in [-0.2, 0) is 5.41 Å². The first-order valence-corrected chi connectivity index (χ1v) is 16.3. The maximum atomic E-state index is 5.51. The van der Waals surface area contributed by atoms with Gasteiger partial charge in [-0.05, 0) is 50.2 Å². The summed E-state index contributed by atoms with van der Waals surface area (Å²) in [5.74, 6) is 0.710. The van der Waals surface area contributed by atoms with E-state index in [0.29, 0.717) is 5.95 Å². The van der Waals surface area contributed by atoms with E-state index >= 15 is 0 Å². The van der Waals surface area contributed by atoms with Crippen LogP contribution in [0.3, 0.4) is 0 Å². The van der Waals surface area contributed by atoms with Gasteiger partial charge in [-0.25, -0.2) is 9.97 Å². The summed E-state index contributed by atoms with van der Waals surface area (Å²) in [5.41, 5.74) is 9.20. The van der Waals surface area contributed by atoms with E-state index in [4.69, 9.17) is 9.97 Å². The molecule has 212 valence electrons. The Labute approximate surface area is 264 Å². The topological polar surface area (TPSA) is 30.7 Å². The summed E-state index contributed by atoms with van der Waals surface area (Å²) in [5, 5.41) is 10.6. The summed E-state index contributed by atoms with van der Waals surface area (Å²) >= 11 is 1.80. The molecule has 0 saturated carbocycles. The summed E-state index contributed by atoms with van der Waals surface area (Å²) < 4.78 is 3.67. The number of fused-ring (bicyclic) bond motifs is 12. The van der Waals surface area contributed by atoms with Gasteiger partial charge in [0.1, 0.15) is 0 Å². The van der Waals surface area contributed by atoms with Crippen LogP contribution in [0.15, 0.2) is 127 Å². The van der Waals surface area contributed by atoms with Crippen molar-refractivity contribution in [2.45, 2.75) is 19.3 Å². The first-order valence-electron chi connectivity index (χ1n) is 15.4. The van der Waals surface area contributed by atoms with Crippen molar-refractivity contribution in [1.82, 2.24) is 14.5 Å². The van der Waals surface area contributed by atoms with Crippen molar-refractivity contribution < 1.29 is 0 Å². The quantitative estimate of drug-likeness (QED) is 0.187. The van der Waals surface area contributed by atoms with Crippen LogP contribution in [0.25, 0.3) is 81.9 Å². The van der Waals surface area contributed by atoms with E-state index in [0.717, 1.165) is 27.5 Å². The number of thiophene rings is 1. The van der Waals surface area contributed by atoms with Gasteiger partial charge in [-0.15, -0.1) is 11.3 Å². The molecule has 10 rings (SSSR count). The molecule has 0 radical (unpaired) electrons. The Kier molecular flexibility index (Phi) is 4.94. The summed E-state index contributed by atoms with van der Waals surface area (Å²) in [6.45, 7) is 4.75. The predicted molar refractivity (Wildman–Crippen MR) is 190 cm³/mol. The third-order valence-corrected chi connectivity index (χ3v) is 10.8. The van der Waals surface area contributed by atoms with Crippen LogP contribution >= 0.6 is 11.3 Å². The Morgan fingerprint density at radius 3 is 2.13 bits per heavy atom. The Balaban J connectivity index is 1.45. The van der Waals surface area contributed by atoms with Crippen LogP contribution < -0.4 is 0 Å². The number of rotatable bonds is 2. The van der Waals surface area contributed by atoms with Crippen molar-refractivity contribution in [2.75, 3.05) is 0 Å². The van der Waals surface area contributed by atoms with Gasteiger partial charge in [0.2, 0.25) is 5.95 Å². The van der Waals surface area contributed by atoms with Crippen molar-refractivity contribution in [3.63, 3.8) is 0 Å². The van der Waals surface area contributed by atoms with E-state index in [2.05, 4.69) is 145 Å². The van der Waals surface area contributed by atoms with Crippen LogP contribution in [0.5, 0.6) is 0 Å². The van der Waals surface area contributed by atoms with Crippen molar-refractivity contribution in [3.05, 3.63) is 138 Å². The second-order valence-corrected chi connectivity index (χ2v) is 13.5. The molecule has 4 heteroatoms. The highest BCUT2D eigenvalue weighted by Crippen LogP contribution is 2.56. The number of hydrogen-bond donors (Lipinski definition) is 0. The fourth-order valence-corrected chi connectivity index (χ4v) is 8.75. The Morgan fingerprint density at radius 2 is 1.29 bits per heavy atom. The Hall–Kier alpha value is -5.32. The summed E-state index contributed by atoms with van der Waals surface area (Å²) in [4.78, 5) is 11.0. The first kappa shape index (κ1) is 25.1. The lowest BCUT2D eigenvalue weighted by atomic mass is 9.81. The van der Waals surface area contributed by atoms with E-state index in [-0.39, 0.29) is 5.41 Å². The maximum Gasteiger partial charge on any atom is 0.235 e. The van der Waals surface area contributed by atoms with Crippen LogP contribution in [0.4, 0.5) is 0 Å². The molecule has 0 unspecified atom stereocenters. The average molecular weight is 594 g/mol. The third kappa shape index (κ3) is 3.29. The van der Waals surface area contributed by atoms with Crippen molar-refractivity contribution in [1.29, 1.82) is 0 Å². The highest BCUT2D eigenvalue weighted by atomic mass is 32.1. The monoisotopic (exact) mass is 593 g/mol. The minimum Gasteiger partial charge on any atom is -0.276 e. The zero-order valence-electron chi connectivity index (χ0n) is 24.9. The third-order valence-electron chi connectivity index (χ3n) is 9.84. The average Bonchev–Trinajstić information content (AvgIpc) is 3.76. The van der Waals surface area contributed by atoms with Crippen LogP contribution in [0.2, 0.25) is 0 Å². The Bertz CT molecular complexity index is 2680. The predicted octanol–water partition coefficient (Wildman–Crippen LogP) is 11.1. The molecule has 3 nitrogen and oxygen atoms in total. The molecular formula is C41H27N3S. The van der Waals surface area contributed by atoms with Crippen molar-refractivity contribution in [2.24, 2.45) is 0 Å². The first-order chi connectivity index (χ1) is 22.1. The molecule has 0 N–H and O–H groups in total. The number of aromatic nitrogens is 3.